The van der Waals surface area contributed by atoms with Crippen LogP contribution in [0.4, 0.5) is 0 Å². The molecule has 0 aromatic heterocycles. The van der Waals surface area contributed by atoms with Gasteiger partial charge in [-0.3, -0.25) is 0 Å². The Morgan fingerprint density at radius 2 is 2.00 bits per heavy atom. The maximum Gasteiger partial charge on any atom is 0.164 e. The van der Waals surface area contributed by atoms with Gasteiger partial charge in [-0.05, 0) is 18.6 Å². The minimum absolute atomic E-state index is 0.0932. The van der Waals surface area contributed by atoms with Crippen molar-refractivity contribution >= 4 is 15.9 Å². The molecule has 1 aromatic carbocycles. The lowest BCUT2D eigenvalue weighted by Crippen LogP contribution is -1.98. The molecule has 0 aliphatic heterocycles. The molecule has 78 valence electrons. The number of aliphatic hydroxyl groups is 1. The zero-order valence-corrected chi connectivity index (χ0v) is 9.80. The van der Waals surface area contributed by atoms with Crippen LogP contribution in [0.15, 0.2) is 16.6 Å². The second kappa shape index (κ2) is 5.22. The topological polar surface area (TPSA) is 38.7 Å². The average Bonchev–Trinajstić information content (AvgIpc) is 2.17. The summed E-state index contributed by atoms with van der Waals surface area (Å²) < 4.78 is 11.3. The van der Waals surface area contributed by atoms with Gasteiger partial charge in [-0.2, -0.15) is 0 Å². The van der Waals surface area contributed by atoms with E-state index < -0.39 is 0 Å². The van der Waals surface area contributed by atoms with E-state index in [1.807, 2.05) is 12.1 Å². The van der Waals surface area contributed by atoms with Crippen LogP contribution in [0.2, 0.25) is 0 Å². The van der Waals surface area contributed by atoms with E-state index in [1.165, 1.54) is 0 Å². The van der Waals surface area contributed by atoms with Gasteiger partial charge in [0.25, 0.3) is 0 Å². The van der Waals surface area contributed by atoms with E-state index in [0.717, 1.165) is 10.0 Å². The van der Waals surface area contributed by atoms with Crippen LogP contribution in [0.25, 0.3) is 0 Å². The molecule has 3 nitrogen and oxygen atoms in total. The third-order valence-electron chi connectivity index (χ3n) is 1.90. The number of rotatable bonds is 4. The molecule has 0 saturated carbocycles. The van der Waals surface area contributed by atoms with Crippen LogP contribution in [0.5, 0.6) is 11.5 Å². The summed E-state index contributed by atoms with van der Waals surface area (Å²) in [6, 6.07) is 3.75. The smallest absolute Gasteiger partial charge is 0.164 e. The van der Waals surface area contributed by atoms with Crippen molar-refractivity contribution < 1.29 is 14.6 Å². The Morgan fingerprint density at radius 3 is 2.50 bits per heavy atom. The molecule has 0 heterocycles. The van der Waals surface area contributed by atoms with Crippen molar-refractivity contribution in [2.45, 2.75) is 6.42 Å². The summed E-state index contributed by atoms with van der Waals surface area (Å²) in [4.78, 5) is 0. The molecule has 0 saturated heterocycles. The van der Waals surface area contributed by atoms with Gasteiger partial charge < -0.3 is 14.6 Å². The quantitative estimate of drug-likeness (QED) is 0.900. The Bertz CT molecular complexity index is 312. The SMILES string of the molecule is COc1cc(Br)cc(CCO)c1OC. The number of methoxy groups -OCH3 is 2. The van der Waals surface area contributed by atoms with Crippen molar-refractivity contribution in [3.8, 4) is 11.5 Å². The molecule has 1 rings (SSSR count). The van der Waals surface area contributed by atoms with Crippen molar-refractivity contribution in [1.82, 2.24) is 0 Å². The fourth-order valence-electron chi connectivity index (χ4n) is 1.31. The zero-order valence-electron chi connectivity index (χ0n) is 8.21. The average molecular weight is 261 g/mol. The first-order valence-electron chi connectivity index (χ1n) is 4.24. The molecule has 0 amide bonds. The van der Waals surface area contributed by atoms with Crippen molar-refractivity contribution in [2.24, 2.45) is 0 Å². The summed E-state index contributed by atoms with van der Waals surface area (Å²) in [7, 11) is 3.18. The van der Waals surface area contributed by atoms with E-state index in [0.29, 0.717) is 17.9 Å². The van der Waals surface area contributed by atoms with Crippen LogP contribution in [0.1, 0.15) is 5.56 Å². The molecule has 0 bridgehead atoms. The van der Waals surface area contributed by atoms with Gasteiger partial charge in [0.05, 0.1) is 14.2 Å². The third-order valence-corrected chi connectivity index (χ3v) is 2.36. The molecular formula is C10H13BrO3. The molecular weight excluding hydrogens is 248 g/mol. The van der Waals surface area contributed by atoms with E-state index in [1.54, 1.807) is 14.2 Å². The Morgan fingerprint density at radius 1 is 1.29 bits per heavy atom. The fourth-order valence-corrected chi connectivity index (χ4v) is 1.80. The highest BCUT2D eigenvalue weighted by atomic mass is 79.9. The second-order valence-electron chi connectivity index (χ2n) is 2.77. The van der Waals surface area contributed by atoms with E-state index in [4.69, 9.17) is 14.6 Å². The summed E-state index contributed by atoms with van der Waals surface area (Å²) in [5.41, 5.74) is 0.932. The Hall–Kier alpha value is -0.740. The first-order valence-corrected chi connectivity index (χ1v) is 5.03. The normalized spacial score (nSPS) is 10.0. The number of halogens is 1. The second-order valence-corrected chi connectivity index (χ2v) is 3.69. The third kappa shape index (κ3) is 2.39. The van der Waals surface area contributed by atoms with E-state index in [2.05, 4.69) is 15.9 Å². The van der Waals surface area contributed by atoms with E-state index >= 15 is 0 Å². The highest BCUT2D eigenvalue weighted by molar-refractivity contribution is 9.10. The van der Waals surface area contributed by atoms with Gasteiger partial charge in [0, 0.05) is 16.6 Å². The minimum atomic E-state index is 0.0932. The number of ether oxygens (including phenoxy) is 2. The van der Waals surface area contributed by atoms with Crippen molar-refractivity contribution in [3.05, 3.63) is 22.2 Å². The van der Waals surface area contributed by atoms with Gasteiger partial charge in [-0.15, -0.1) is 0 Å². The lowest BCUT2D eigenvalue weighted by molar-refractivity contribution is 0.294. The van der Waals surface area contributed by atoms with Gasteiger partial charge in [-0.25, -0.2) is 0 Å². The molecule has 0 unspecified atom stereocenters. The predicted molar refractivity (Wildman–Crippen MR) is 58.0 cm³/mol. The first kappa shape index (κ1) is 11.3. The van der Waals surface area contributed by atoms with Crippen LogP contribution < -0.4 is 9.47 Å². The molecule has 1 aromatic rings. The van der Waals surface area contributed by atoms with E-state index in [9.17, 15) is 0 Å². The van der Waals surface area contributed by atoms with Crippen LogP contribution in [0, 0.1) is 0 Å². The van der Waals surface area contributed by atoms with Crippen molar-refractivity contribution in [2.75, 3.05) is 20.8 Å². The summed E-state index contributed by atoms with van der Waals surface area (Å²) in [5, 5.41) is 8.88. The zero-order chi connectivity index (χ0) is 10.6. The monoisotopic (exact) mass is 260 g/mol. The highest BCUT2D eigenvalue weighted by Gasteiger charge is 2.10. The number of hydrogen-bond acceptors (Lipinski definition) is 3. The van der Waals surface area contributed by atoms with Crippen molar-refractivity contribution in [1.29, 1.82) is 0 Å². The van der Waals surface area contributed by atoms with Crippen LogP contribution >= 0.6 is 15.9 Å². The molecule has 0 atom stereocenters. The van der Waals surface area contributed by atoms with Crippen LogP contribution in [-0.2, 0) is 6.42 Å². The highest BCUT2D eigenvalue weighted by Crippen LogP contribution is 2.34. The Labute approximate surface area is 91.8 Å². The standard InChI is InChI=1S/C10H13BrO3/c1-13-9-6-8(11)5-7(3-4-12)10(9)14-2/h5-6,12H,3-4H2,1-2H3. The van der Waals surface area contributed by atoms with Gasteiger partial charge >= 0.3 is 0 Å². The predicted octanol–water partition coefficient (Wildman–Crippen LogP) is 2.00. The lowest BCUT2D eigenvalue weighted by Gasteiger charge is -2.12. The van der Waals surface area contributed by atoms with E-state index in [-0.39, 0.29) is 6.61 Å². The first-order chi connectivity index (χ1) is 6.72. The molecule has 0 radical (unpaired) electrons. The number of hydrogen-bond donors (Lipinski definition) is 1. The maximum atomic E-state index is 8.88. The minimum Gasteiger partial charge on any atom is -0.493 e. The number of benzene rings is 1. The summed E-state index contributed by atoms with van der Waals surface area (Å²) >= 11 is 3.37. The van der Waals surface area contributed by atoms with Crippen LogP contribution in [0.3, 0.4) is 0 Å². The molecule has 0 spiro atoms. The molecule has 0 fully saturated rings. The van der Waals surface area contributed by atoms with Gasteiger partial charge in [0.2, 0.25) is 0 Å². The summed E-state index contributed by atoms with van der Waals surface area (Å²) in [6.07, 6.45) is 0.555. The largest absolute Gasteiger partial charge is 0.493 e. The Kier molecular flexibility index (Phi) is 4.22. The molecule has 0 aliphatic carbocycles. The van der Waals surface area contributed by atoms with Gasteiger partial charge in [0.15, 0.2) is 11.5 Å². The van der Waals surface area contributed by atoms with Crippen LogP contribution in [-0.4, -0.2) is 25.9 Å². The fraction of sp³-hybridized carbons (Fsp3) is 0.400. The number of aliphatic hydroxyl groups excluding tert-OH is 1. The molecule has 1 N–H and O–H groups in total. The molecule has 0 aliphatic rings. The van der Waals surface area contributed by atoms with Crippen molar-refractivity contribution in [3.63, 3.8) is 0 Å². The lowest BCUT2D eigenvalue weighted by atomic mass is 10.1. The molecule has 14 heavy (non-hydrogen) atoms. The summed E-state index contributed by atoms with van der Waals surface area (Å²) in [5.74, 6) is 1.36. The molecule has 4 heteroatoms. The maximum absolute atomic E-state index is 8.88. The Balaban J connectivity index is 3.17. The van der Waals surface area contributed by atoms with Gasteiger partial charge in [0.1, 0.15) is 0 Å². The summed E-state index contributed by atoms with van der Waals surface area (Å²) in [6.45, 7) is 0.0932. The van der Waals surface area contributed by atoms with Gasteiger partial charge in [-0.1, -0.05) is 15.9 Å².